The van der Waals surface area contributed by atoms with Crippen molar-refractivity contribution in [3.8, 4) is 0 Å². The Morgan fingerprint density at radius 3 is 2.92 bits per heavy atom. The third-order valence-corrected chi connectivity index (χ3v) is 2.10. The monoisotopic (exact) mass is 187 g/mol. The Kier molecular flexibility index (Phi) is 3.11. The third kappa shape index (κ3) is 2.61. The van der Waals surface area contributed by atoms with Crippen LogP contribution in [0.1, 0.15) is 19.8 Å². The van der Waals surface area contributed by atoms with E-state index in [9.17, 15) is 9.59 Å². The number of carboxylic acid groups (broad SMARTS) is 1. The van der Waals surface area contributed by atoms with E-state index >= 15 is 0 Å². The molecule has 1 aliphatic heterocycles. The molecule has 5 heteroatoms. The van der Waals surface area contributed by atoms with Crippen LogP contribution in [0.25, 0.3) is 0 Å². The van der Waals surface area contributed by atoms with Crippen LogP contribution in [-0.2, 0) is 9.53 Å². The number of aliphatic carboxylic acids is 1. The minimum Gasteiger partial charge on any atom is -0.481 e. The quantitative estimate of drug-likeness (QED) is 0.703. The second-order valence-electron chi connectivity index (χ2n) is 3.09. The van der Waals surface area contributed by atoms with Crippen LogP contribution in [0.3, 0.4) is 0 Å². The SMILES string of the molecule is CC(CCC(=O)O)N1CCOC1=O. The highest BCUT2D eigenvalue weighted by atomic mass is 16.6. The molecule has 1 amide bonds. The summed E-state index contributed by atoms with van der Waals surface area (Å²) < 4.78 is 4.73. The van der Waals surface area contributed by atoms with Crippen LogP contribution < -0.4 is 0 Å². The van der Waals surface area contributed by atoms with Crippen LogP contribution in [0.15, 0.2) is 0 Å². The molecule has 0 bridgehead atoms. The van der Waals surface area contributed by atoms with Crippen LogP contribution in [0.2, 0.25) is 0 Å². The summed E-state index contributed by atoms with van der Waals surface area (Å²) in [5.41, 5.74) is 0. The predicted molar refractivity (Wildman–Crippen MR) is 44.4 cm³/mol. The topological polar surface area (TPSA) is 66.8 Å². The third-order valence-electron chi connectivity index (χ3n) is 2.10. The highest BCUT2D eigenvalue weighted by molar-refractivity contribution is 5.70. The van der Waals surface area contributed by atoms with Crippen molar-refractivity contribution >= 4 is 12.1 Å². The minimum absolute atomic E-state index is 0.0499. The Morgan fingerprint density at radius 2 is 2.46 bits per heavy atom. The summed E-state index contributed by atoms with van der Waals surface area (Å²) in [6.45, 7) is 2.81. The number of rotatable bonds is 4. The maximum absolute atomic E-state index is 11.0. The summed E-state index contributed by atoms with van der Waals surface area (Å²) in [5.74, 6) is -0.834. The Morgan fingerprint density at radius 1 is 1.77 bits per heavy atom. The van der Waals surface area contributed by atoms with Crippen molar-refractivity contribution in [1.82, 2.24) is 4.90 Å². The molecule has 0 saturated carbocycles. The number of carbonyl (C=O) groups is 2. The molecule has 0 aromatic carbocycles. The van der Waals surface area contributed by atoms with Gasteiger partial charge in [-0.3, -0.25) is 4.79 Å². The molecule has 5 nitrogen and oxygen atoms in total. The molecule has 0 aromatic rings. The van der Waals surface area contributed by atoms with Crippen LogP contribution in [-0.4, -0.2) is 41.3 Å². The maximum Gasteiger partial charge on any atom is 0.410 e. The van der Waals surface area contributed by atoms with Gasteiger partial charge in [-0.15, -0.1) is 0 Å². The van der Waals surface area contributed by atoms with Gasteiger partial charge in [-0.05, 0) is 13.3 Å². The number of ether oxygens (including phenoxy) is 1. The Balaban J connectivity index is 2.34. The van der Waals surface area contributed by atoms with Crippen LogP contribution in [0.5, 0.6) is 0 Å². The van der Waals surface area contributed by atoms with E-state index < -0.39 is 5.97 Å². The first kappa shape index (κ1) is 9.83. The van der Waals surface area contributed by atoms with Gasteiger partial charge in [0.1, 0.15) is 6.61 Å². The minimum atomic E-state index is -0.834. The molecule has 1 saturated heterocycles. The average molecular weight is 187 g/mol. The van der Waals surface area contributed by atoms with Crippen LogP contribution in [0.4, 0.5) is 4.79 Å². The van der Waals surface area contributed by atoms with Crippen molar-refractivity contribution in [3.63, 3.8) is 0 Å². The van der Waals surface area contributed by atoms with E-state index in [1.54, 1.807) is 4.90 Å². The van der Waals surface area contributed by atoms with Crippen molar-refractivity contribution in [2.24, 2.45) is 0 Å². The molecule has 1 rings (SSSR count). The second kappa shape index (κ2) is 4.11. The molecule has 0 radical (unpaired) electrons. The molecule has 74 valence electrons. The largest absolute Gasteiger partial charge is 0.481 e. The Hall–Kier alpha value is -1.26. The fourth-order valence-electron chi connectivity index (χ4n) is 1.29. The molecular weight excluding hydrogens is 174 g/mol. The van der Waals surface area contributed by atoms with Gasteiger partial charge < -0.3 is 14.7 Å². The van der Waals surface area contributed by atoms with E-state index in [1.165, 1.54) is 0 Å². The summed E-state index contributed by atoms with van der Waals surface area (Å²) >= 11 is 0. The number of hydrogen-bond donors (Lipinski definition) is 1. The maximum atomic E-state index is 11.0. The van der Waals surface area contributed by atoms with Gasteiger partial charge in [-0.1, -0.05) is 0 Å². The Bertz CT molecular complexity index is 216. The first-order chi connectivity index (χ1) is 6.11. The van der Waals surface area contributed by atoms with Gasteiger partial charge in [0.25, 0.3) is 0 Å². The molecule has 1 unspecified atom stereocenters. The van der Waals surface area contributed by atoms with Gasteiger partial charge >= 0.3 is 12.1 Å². The molecule has 13 heavy (non-hydrogen) atoms. The van der Waals surface area contributed by atoms with Gasteiger partial charge in [0.05, 0.1) is 6.54 Å². The fraction of sp³-hybridized carbons (Fsp3) is 0.750. The lowest BCUT2D eigenvalue weighted by Crippen LogP contribution is -2.34. The normalized spacial score (nSPS) is 18.5. The standard InChI is InChI=1S/C8H13NO4/c1-6(2-3-7(10)11)9-4-5-13-8(9)12/h6H,2-5H2,1H3,(H,10,11). The number of nitrogens with zero attached hydrogens (tertiary/aromatic N) is 1. The van der Waals surface area contributed by atoms with Crippen molar-refractivity contribution in [2.75, 3.05) is 13.2 Å². The first-order valence-electron chi connectivity index (χ1n) is 4.26. The summed E-state index contributed by atoms with van der Waals surface area (Å²) in [6, 6.07) is -0.0499. The second-order valence-corrected chi connectivity index (χ2v) is 3.09. The number of amides is 1. The van der Waals surface area contributed by atoms with Gasteiger partial charge in [-0.2, -0.15) is 0 Å². The van der Waals surface area contributed by atoms with Gasteiger partial charge in [-0.25, -0.2) is 4.79 Å². The molecular formula is C8H13NO4. The fourth-order valence-corrected chi connectivity index (χ4v) is 1.29. The van der Waals surface area contributed by atoms with E-state index in [-0.39, 0.29) is 18.6 Å². The van der Waals surface area contributed by atoms with E-state index in [0.717, 1.165) is 0 Å². The van der Waals surface area contributed by atoms with E-state index in [1.807, 2.05) is 6.92 Å². The van der Waals surface area contributed by atoms with Crippen molar-refractivity contribution in [2.45, 2.75) is 25.8 Å². The van der Waals surface area contributed by atoms with Gasteiger partial charge in [0.15, 0.2) is 0 Å². The van der Waals surface area contributed by atoms with Crippen molar-refractivity contribution < 1.29 is 19.4 Å². The molecule has 0 spiro atoms. The van der Waals surface area contributed by atoms with E-state index in [0.29, 0.717) is 19.6 Å². The average Bonchev–Trinajstić information content (AvgIpc) is 2.47. The highest BCUT2D eigenvalue weighted by Crippen LogP contribution is 2.12. The zero-order chi connectivity index (χ0) is 9.84. The molecule has 1 aliphatic rings. The number of carboxylic acids is 1. The summed E-state index contributed by atoms with van der Waals surface area (Å²) in [7, 11) is 0. The van der Waals surface area contributed by atoms with Crippen molar-refractivity contribution in [3.05, 3.63) is 0 Å². The summed E-state index contributed by atoms with van der Waals surface area (Å²) in [6.07, 6.45) is 0.230. The molecule has 1 heterocycles. The lowest BCUT2D eigenvalue weighted by Gasteiger charge is -2.20. The molecule has 0 aromatic heterocycles. The van der Waals surface area contributed by atoms with Crippen molar-refractivity contribution in [1.29, 1.82) is 0 Å². The number of hydrogen-bond acceptors (Lipinski definition) is 3. The number of carbonyl (C=O) groups excluding carboxylic acids is 1. The molecule has 1 fully saturated rings. The van der Waals surface area contributed by atoms with Gasteiger partial charge in [0, 0.05) is 12.5 Å². The Labute approximate surface area is 76.3 Å². The lowest BCUT2D eigenvalue weighted by atomic mass is 10.1. The zero-order valence-electron chi connectivity index (χ0n) is 7.52. The smallest absolute Gasteiger partial charge is 0.410 e. The molecule has 1 atom stereocenters. The zero-order valence-corrected chi connectivity index (χ0v) is 7.52. The highest BCUT2D eigenvalue weighted by Gasteiger charge is 2.26. The molecule has 0 aliphatic carbocycles. The van der Waals surface area contributed by atoms with Gasteiger partial charge in [0.2, 0.25) is 0 Å². The predicted octanol–water partition coefficient (Wildman–Crippen LogP) is 0.692. The first-order valence-corrected chi connectivity index (χ1v) is 4.26. The number of cyclic esters (lactones) is 1. The van der Waals surface area contributed by atoms with Crippen LogP contribution in [0, 0.1) is 0 Å². The summed E-state index contributed by atoms with van der Waals surface area (Å²) in [4.78, 5) is 22.8. The lowest BCUT2D eigenvalue weighted by molar-refractivity contribution is -0.137. The molecule has 1 N–H and O–H groups in total. The van der Waals surface area contributed by atoms with E-state index in [4.69, 9.17) is 9.84 Å². The summed E-state index contributed by atoms with van der Waals surface area (Å²) in [5, 5.41) is 8.44. The van der Waals surface area contributed by atoms with E-state index in [2.05, 4.69) is 0 Å². The van der Waals surface area contributed by atoms with Crippen LogP contribution >= 0.6 is 0 Å².